The predicted molar refractivity (Wildman–Crippen MR) is 48.0 cm³/mol. The number of methoxy groups -OCH3 is 1. The van der Waals surface area contributed by atoms with Crippen LogP contribution in [0.25, 0.3) is 0 Å². The Bertz CT molecular complexity index is 230. The van der Waals surface area contributed by atoms with Gasteiger partial charge in [0.2, 0.25) is 0 Å². The number of ether oxygens (including phenoxy) is 1. The summed E-state index contributed by atoms with van der Waals surface area (Å²) in [5, 5.41) is 10.7. The van der Waals surface area contributed by atoms with Gasteiger partial charge in [0.15, 0.2) is 6.19 Å². The minimum absolute atomic E-state index is 0.0412. The van der Waals surface area contributed by atoms with Crippen molar-refractivity contribution in [1.82, 2.24) is 5.32 Å². The SMILES string of the molecule is CCCC(=NCC(=O)OC)NC#N. The quantitative estimate of drug-likeness (QED) is 0.225. The highest BCUT2D eigenvalue weighted by Gasteiger charge is 2.00. The first-order chi connectivity index (χ1) is 6.24. The molecule has 0 aliphatic carbocycles. The molecule has 13 heavy (non-hydrogen) atoms. The highest BCUT2D eigenvalue weighted by Crippen LogP contribution is 1.89. The molecule has 1 N–H and O–H groups in total. The van der Waals surface area contributed by atoms with Crippen LogP contribution in [0.1, 0.15) is 19.8 Å². The fourth-order valence-corrected chi connectivity index (χ4v) is 0.707. The summed E-state index contributed by atoms with van der Waals surface area (Å²) in [7, 11) is 1.30. The van der Waals surface area contributed by atoms with Gasteiger partial charge in [-0.3, -0.25) is 15.1 Å². The zero-order valence-electron chi connectivity index (χ0n) is 7.83. The number of hydrogen-bond acceptors (Lipinski definition) is 4. The van der Waals surface area contributed by atoms with Crippen LogP contribution in [0, 0.1) is 11.5 Å². The molecule has 5 heteroatoms. The van der Waals surface area contributed by atoms with E-state index in [1.54, 1.807) is 6.19 Å². The Morgan fingerprint density at radius 2 is 2.38 bits per heavy atom. The zero-order chi connectivity index (χ0) is 10.1. The van der Waals surface area contributed by atoms with Crippen molar-refractivity contribution in [2.75, 3.05) is 13.7 Å². The van der Waals surface area contributed by atoms with Crippen LogP contribution in [0.3, 0.4) is 0 Å². The summed E-state index contributed by atoms with van der Waals surface area (Å²) in [6.07, 6.45) is 3.29. The van der Waals surface area contributed by atoms with E-state index in [1.807, 2.05) is 6.92 Å². The van der Waals surface area contributed by atoms with Crippen molar-refractivity contribution >= 4 is 11.8 Å². The van der Waals surface area contributed by atoms with E-state index >= 15 is 0 Å². The molecule has 0 fully saturated rings. The van der Waals surface area contributed by atoms with E-state index in [-0.39, 0.29) is 6.54 Å². The van der Waals surface area contributed by atoms with Gasteiger partial charge in [0.25, 0.3) is 0 Å². The number of rotatable bonds is 4. The summed E-state index contributed by atoms with van der Waals surface area (Å²) in [6.45, 7) is 1.92. The molecule has 0 aromatic rings. The second kappa shape index (κ2) is 7.10. The van der Waals surface area contributed by atoms with E-state index in [0.717, 1.165) is 6.42 Å². The van der Waals surface area contributed by atoms with Gasteiger partial charge in [-0.2, -0.15) is 5.26 Å². The highest BCUT2D eigenvalue weighted by atomic mass is 16.5. The largest absolute Gasteiger partial charge is 0.468 e. The first kappa shape index (κ1) is 11.4. The molecule has 0 atom stereocenters. The Hall–Kier alpha value is -1.57. The van der Waals surface area contributed by atoms with E-state index < -0.39 is 5.97 Å². The molecule has 0 bridgehead atoms. The van der Waals surface area contributed by atoms with Gasteiger partial charge < -0.3 is 4.74 Å². The lowest BCUT2D eigenvalue weighted by atomic mass is 10.3. The third-order valence-corrected chi connectivity index (χ3v) is 1.31. The standard InChI is InChI=1S/C8H13N3O2/c1-3-4-7(11-6-9)10-5-8(12)13-2/h3-5H2,1-2H3,(H,10,11). The van der Waals surface area contributed by atoms with Gasteiger partial charge in [0.05, 0.1) is 7.11 Å². The van der Waals surface area contributed by atoms with E-state index in [4.69, 9.17) is 5.26 Å². The molecule has 0 saturated heterocycles. The van der Waals surface area contributed by atoms with Crippen molar-refractivity contribution in [3.63, 3.8) is 0 Å². The molecular weight excluding hydrogens is 170 g/mol. The second-order valence-electron chi connectivity index (χ2n) is 2.33. The molecule has 72 valence electrons. The van der Waals surface area contributed by atoms with Gasteiger partial charge in [-0.25, -0.2) is 0 Å². The van der Waals surface area contributed by atoms with Crippen LogP contribution in [-0.4, -0.2) is 25.5 Å². The van der Waals surface area contributed by atoms with Crippen LogP contribution >= 0.6 is 0 Å². The number of carbonyl (C=O) groups is 1. The molecule has 0 spiro atoms. The van der Waals surface area contributed by atoms with Gasteiger partial charge in [0.1, 0.15) is 12.4 Å². The molecule has 0 heterocycles. The Morgan fingerprint density at radius 3 is 2.85 bits per heavy atom. The van der Waals surface area contributed by atoms with Crippen LogP contribution in [0.4, 0.5) is 0 Å². The molecule has 0 aliphatic heterocycles. The Balaban J connectivity index is 4.03. The minimum atomic E-state index is -0.409. The predicted octanol–water partition coefficient (Wildman–Crippen LogP) is 0.429. The number of nitrogens with zero attached hydrogens (tertiary/aromatic N) is 2. The summed E-state index contributed by atoms with van der Waals surface area (Å²) >= 11 is 0. The minimum Gasteiger partial charge on any atom is -0.468 e. The van der Waals surface area contributed by atoms with Crippen molar-refractivity contribution in [1.29, 1.82) is 5.26 Å². The molecule has 0 amide bonds. The summed E-state index contributed by atoms with van der Waals surface area (Å²) in [5.74, 6) is 0.115. The van der Waals surface area contributed by atoms with Gasteiger partial charge in [0, 0.05) is 6.42 Å². The van der Waals surface area contributed by atoms with Crippen LogP contribution < -0.4 is 5.32 Å². The number of aliphatic imine (C=N–C) groups is 1. The topological polar surface area (TPSA) is 74.5 Å². The van der Waals surface area contributed by atoms with Crippen molar-refractivity contribution in [2.24, 2.45) is 4.99 Å². The first-order valence-electron chi connectivity index (χ1n) is 3.99. The Labute approximate surface area is 77.4 Å². The van der Waals surface area contributed by atoms with Crippen LogP contribution in [-0.2, 0) is 9.53 Å². The maximum absolute atomic E-state index is 10.7. The molecule has 0 aromatic heterocycles. The number of carbonyl (C=O) groups excluding carboxylic acids is 1. The van der Waals surface area contributed by atoms with Crippen molar-refractivity contribution < 1.29 is 9.53 Å². The third-order valence-electron chi connectivity index (χ3n) is 1.31. The number of esters is 1. The number of hydrogen-bond donors (Lipinski definition) is 1. The third kappa shape index (κ3) is 5.67. The molecule has 0 saturated carbocycles. The average Bonchev–Trinajstić information content (AvgIpc) is 2.14. The van der Waals surface area contributed by atoms with Crippen molar-refractivity contribution in [3.8, 4) is 6.19 Å². The maximum Gasteiger partial charge on any atom is 0.327 e. The van der Waals surface area contributed by atoms with Crippen molar-refractivity contribution in [2.45, 2.75) is 19.8 Å². The first-order valence-corrected chi connectivity index (χ1v) is 3.99. The summed E-state index contributed by atoms with van der Waals surface area (Å²) in [5.41, 5.74) is 0. The smallest absolute Gasteiger partial charge is 0.327 e. The van der Waals surface area contributed by atoms with E-state index in [0.29, 0.717) is 12.3 Å². The lowest BCUT2D eigenvalue weighted by Crippen LogP contribution is -2.19. The summed E-state index contributed by atoms with van der Waals surface area (Å²) < 4.78 is 4.40. The van der Waals surface area contributed by atoms with Gasteiger partial charge in [-0.05, 0) is 6.42 Å². The van der Waals surface area contributed by atoms with Gasteiger partial charge in [-0.15, -0.1) is 0 Å². The number of nitrogens with one attached hydrogen (secondary N) is 1. The van der Waals surface area contributed by atoms with Gasteiger partial charge in [-0.1, -0.05) is 6.92 Å². The number of amidine groups is 1. The van der Waals surface area contributed by atoms with Crippen molar-refractivity contribution in [3.05, 3.63) is 0 Å². The van der Waals surface area contributed by atoms with Crippen LogP contribution in [0.15, 0.2) is 4.99 Å². The second-order valence-corrected chi connectivity index (χ2v) is 2.33. The summed E-state index contributed by atoms with van der Waals surface area (Å²) in [6, 6.07) is 0. The molecule has 0 aliphatic rings. The highest BCUT2D eigenvalue weighted by molar-refractivity contribution is 5.85. The number of nitriles is 1. The molecular formula is C8H13N3O2. The van der Waals surface area contributed by atoms with E-state index in [1.165, 1.54) is 7.11 Å². The normalized spacial score (nSPS) is 10.4. The lowest BCUT2D eigenvalue weighted by Gasteiger charge is -2.00. The molecule has 0 aromatic carbocycles. The van der Waals surface area contributed by atoms with E-state index in [2.05, 4.69) is 15.0 Å². The summed E-state index contributed by atoms with van der Waals surface area (Å²) in [4.78, 5) is 14.6. The van der Waals surface area contributed by atoms with Gasteiger partial charge >= 0.3 is 5.97 Å². The maximum atomic E-state index is 10.7. The van der Waals surface area contributed by atoms with E-state index in [9.17, 15) is 4.79 Å². The molecule has 5 nitrogen and oxygen atoms in total. The fraction of sp³-hybridized carbons (Fsp3) is 0.625. The zero-order valence-corrected chi connectivity index (χ0v) is 7.83. The monoisotopic (exact) mass is 183 g/mol. The Morgan fingerprint density at radius 1 is 1.69 bits per heavy atom. The van der Waals surface area contributed by atoms with Crippen LogP contribution in [0.5, 0.6) is 0 Å². The molecule has 0 radical (unpaired) electrons. The average molecular weight is 183 g/mol. The molecule has 0 unspecified atom stereocenters. The fourth-order valence-electron chi connectivity index (χ4n) is 0.707. The van der Waals surface area contributed by atoms with Crippen LogP contribution in [0.2, 0.25) is 0 Å². The lowest BCUT2D eigenvalue weighted by molar-refractivity contribution is -0.138. The molecule has 0 rings (SSSR count). The Kier molecular flexibility index (Phi) is 6.24.